The Bertz CT molecular complexity index is 800. The van der Waals surface area contributed by atoms with Crippen LogP contribution in [-0.2, 0) is 6.54 Å². The molecule has 0 N–H and O–H groups in total. The second kappa shape index (κ2) is 8.52. The molecule has 0 saturated carbocycles. The van der Waals surface area contributed by atoms with Crippen LogP contribution in [0.4, 0.5) is 5.69 Å². The van der Waals surface area contributed by atoms with Crippen LogP contribution in [0, 0.1) is 0 Å². The van der Waals surface area contributed by atoms with Crippen molar-refractivity contribution in [2.75, 3.05) is 0 Å². The molecule has 0 aliphatic carbocycles. The van der Waals surface area contributed by atoms with Gasteiger partial charge in [-0.05, 0) is 24.6 Å². The summed E-state index contributed by atoms with van der Waals surface area (Å²) in [4.78, 5) is 17.3. The highest BCUT2D eigenvalue weighted by atomic mass is 127. The van der Waals surface area contributed by atoms with Gasteiger partial charge in [0.1, 0.15) is 6.33 Å². The summed E-state index contributed by atoms with van der Waals surface area (Å²) in [7, 11) is 0. The lowest BCUT2D eigenvalue weighted by molar-refractivity contribution is 0.625. The van der Waals surface area contributed by atoms with E-state index in [1.165, 1.54) is 0 Å². The Kier molecular flexibility index (Phi) is 6.40. The van der Waals surface area contributed by atoms with Crippen LogP contribution in [0.5, 0.6) is 0 Å². The Morgan fingerprint density at radius 2 is 1.91 bits per heavy atom. The molecule has 0 bridgehead atoms. The van der Waals surface area contributed by atoms with Crippen molar-refractivity contribution in [1.29, 1.82) is 0 Å². The molecule has 0 aliphatic heterocycles. The minimum absolute atomic E-state index is 0. The van der Waals surface area contributed by atoms with Crippen molar-refractivity contribution in [3.8, 4) is 11.3 Å². The van der Waals surface area contributed by atoms with Gasteiger partial charge in [0.05, 0.1) is 11.4 Å². The number of rotatable bonds is 4. The second-order valence-corrected chi connectivity index (χ2v) is 4.88. The molecule has 0 saturated heterocycles. The lowest BCUT2D eigenvalue weighted by Crippen LogP contribution is -2.23. The third-order valence-electron chi connectivity index (χ3n) is 3.20. The molecule has 2 aromatic heterocycles. The predicted octanol–water partition coefficient (Wildman–Crippen LogP) is 3.60. The highest BCUT2D eigenvalue weighted by Crippen LogP contribution is 2.13. The molecular formula is C17H18IN5. The number of nitrogens with zero attached hydrogens (tertiary/aromatic N) is 5. The minimum atomic E-state index is 0. The molecule has 2 heterocycles. The molecule has 0 radical (unpaired) electrons. The number of halogens is 1. The number of aromatic nitrogens is 4. The van der Waals surface area contributed by atoms with Crippen molar-refractivity contribution in [1.82, 2.24) is 19.5 Å². The van der Waals surface area contributed by atoms with Gasteiger partial charge in [-0.15, -0.1) is 24.0 Å². The van der Waals surface area contributed by atoms with E-state index in [4.69, 9.17) is 0 Å². The summed E-state index contributed by atoms with van der Waals surface area (Å²) in [5.74, 6) is 0. The van der Waals surface area contributed by atoms with Crippen LogP contribution in [0.25, 0.3) is 11.3 Å². The standard InChI is InChI=1S/C17H17N5.HI/c1-2-10-22-12-14(16-8-9-18-13-20-16)11-19-17(22)21-15-6-4-3-5-7-15;/h3-9,11-13H,2,10H2,1H3;1H. The van der Waals surface area contributed by atoms with Gasteiger partial charge in [-0.2, -0.15) is 0 Å². The minimum Gasteiger partial charge on any atom is -0.316 e. The van der Waals surface area contributed by atoms with Crippen LogP contribution < -0.4 is 5.62 Å². The first-order valence-corrected chi connectivity index (χ1v) is 7.29. The molecular weight excluding hydrogens is 401 g/mol. The van der Waals surface area contributed by atoms with Gasteiger partial charge in [-0.25, -0.2) is 19.9 Å². The summed E-state index contributed by atoms with van der Waals surface area (Å²) in [5.41, 5.74) is 3.42. The molecule has 0 fully saturated rings. The number of para-hydroxylation sites is 1. The van der Waals surface area contributed by atoms with Crippen molar-refractivity contribution in [2.24, 2.45) is 4.99 Å². The van der Waals surface area contributed by atoms with Gasteiger partial charge in [0, 0.05) is 30.7 Å². The lowest BCUT2D eigenvalue weighted by Gasteiger charge is -2.08. The zero-order valence-corrected chi connectivity index (χ0v) is 15.2. The first kappa shape index (κ1) is 17.3. The molecule has 3 rings (SSSR count). The van der Waals surface area contributed by atoms with Crippen molar-refractivity contribution < 1.29 is 0 Å². The molecule has 0 aliphatic rings. The molecule has 1 aromatic carbocycles. The van der Waals surface area contributed by atoms with Crippen LogP contribution in [0.3, 0.4) is 0 Å². The molecule has 0 unspecified atom stereocenters. The van der Waals surface area contributed by atoms with Gasteiger partial charge in [0.15, 0.2) is 0 Å². The number of hydrogen-bond acceptors (Lipinski definition) is 4. The molecule has 118 valence electrons. The zero-order chi connectivity index (χ0) is 15.2. The zero-order valence-electron chi connectivity index (χ0n) is 12.8. The highest BCUT2D eigenvalue weighted by molar-refractivity contribution is 14.0. The number of benzene rings is 1. The van der Waals surface area contributed by atoms with E-state index >= 15 is 0 Å². The van der Waals surface area contributed by atoms with Gasteiger partial charge < -0.3 is 4.57 Å². The Labute approximate surface area is 152 Å². The number of aryl methyl sites for hydroxylation is 1. The normalized spacial score (nSPS) is 11.1. The fraction of sp³-hybridized carbons (Fsp3) is 0.176. The first-order chi connectivity index (χ1) is 10.9. The van der Waals surface area contributed by atoms with Gasteiger partial charge in [-0.1, -0.05) is 25.1 Å². The van der Waals surface area contributed by atoms with Crippen LogP contribution in [0.1, 0.15) is 13.3 Å². The summed E-state index contributed by atoms with van der Waals surface area (Å²) < 4.78 is 2.06. The third-order valence-corrected chi connectivity index (χ3v) is 3.20. The largest absolute Gasteiger partial charge is 0.316 e. The van der Waals surface area contributed by atoms with E-state index in [9.17, 15) is 0 Å². The van der Waals surface area contributed by atoms with Gasteiger partial charge in [0.2, 0.25) is 5.62 Å². The molecule has 0 atom stereocenters. The quantitative estimate of drug-likeness (QED) is 0.608. The topological polar surface area (TPSA) is 56.0 Å². The fourth-order valence-electron chi connectivity index (χ4n) is 2.17. The summed E-state index contributed by atoms with van der Waals surface area (Å²) in [6.45, 7) is 2.99. The molecule has 6 heteroatoms. The fourth-order valence-corrected chi connectivity index (χ4v) is 2.17. The maximum absolute atomic E-state index is 4.61. The summed E-state index contributed by atoms with van der Waals surface area (Å²) in [6.07, 6.45) is 8.13. The van der Waals surface area contributed by atoms with E-state index in [0.717, 1.165) is 29.9 Å². The SMILES string of the molecule is CCCn1cc(-c2ccncn2)cnc1=Nc1ccccc1.I. The summed E-state index contributed by atoms with van der Waals surface area (Å²) >= 11 is 0. The smallest absolute Gasteiger partial charge is 0.229 e. The van der Waals surface area contributed by atoms with Gasteiger partial charge >= 0.3 is 0 Å². The first-order valence-electron chi connectivity index (χ1n) is 7.29. The van der Waals surface area contributed by atoms with E-state index in [1.54, 1.807) is 18.7 Å². The Morgan fingerprint density at radius 3 is 2.61 bits per heavy atom. The number of hydrogen-bond donors (Lipinski definition) is 0. The third kappa shape index (κ3) is 4.44. The van der Waals surface area contributed by atoms with Crippen LogP contribution in [0.2, 0.25) is 0 Å². The highest BCUT2D eigenvalue weighted by Gasteiger charge is 2.02. The van der Waals surface area contributed by atoms with Crippen LogP contribution in [-0.4, -0.2) is 19.5 Å². The van der Waals surface area contributed by atoms with E-state index in [-0.39, 0.29) is 24.0 Å². The predicted molar refractivity (Wildman–Crippen MR) is 101 cm³/mol. The van der Waals surface area contributed by atoms with E-state index in [2.05, 4.69) is 31.4 Å². The maximum atomic E-state index is 4.61. The van der Waals surface area contributed by atoms with E-state index in [0.29, 0.717) is 5.62 Å². The van der Waals surface area contributed by atoms with E-state index in [1.807, 2.05) is 42.6 Å². The van der Waals surface area contributed by atoms with Crippen molar-refractivity contribution in [3.63, 3.8) is 0 Å². The van der Waals surface area contributed by atoms with E-state index < -0.39 is 0 Å². The Morgan fingerprint density at radius 1 is 1.09 bits per heavy atom. The Hall–Kier alpha value is -2.09. The van der Waals surface area contributed by atoms with Crippen molar-refractivity contribution in [2.45, 2.75) is 19.9 Å². The van der Waals surface area contributed by atoms with Crippen molar-refractivity contribution in [3.05, 3.63) is 66.9 Å². The lowest BCUT2D eigenvalue weighted by atomic mass is 10.2. The average molecular weight is 419 g/mol. The average Bonchev–Trinajstić information content (AvgIpc) is 2.58. The second-order valence-electron chi connectivity index (χ2n) is 4.88. The molecule has 5 nitrogen and oxygen atoms in total. The Balaban J connectivity index is 0.00000192. The van der Waals surface area contributed by atoms with Crippen LogP contribution in [0.15, 0.2) is 66.3 Å². The van der Waals surface area contributed by atoms with Gasteiger partial charge in [0.25, 0.3) is 0 Å². The van der Waals surface area contributed by atoms with Gasteiger partial charge in [-0.3, -0.25) is 0 Å². The summed E-state index contributed by atoms with van der Waals surface area (Å²) in [5, 5.41) is 0. The van der Waals surface area contributed by atoms with Crippen LogP contribution >= 0.6 is 24.0 Å². The summed E-state index contributed by atoms with van der Waals surface area (Å²) in [6, 6.07) is 11.7. The molecule has 3 aromatic rings. The molecule has 0 spiro atoms. The molecule has 23 heavy (non-hydrogen) atoms. The molecule has 0 amide bonds. The monoisotopic (exact) mass is 419 g/mol. The maximum Gasteiger partial charge on any atom is 0.229 e. The van der Waals surface area contributed by atoms with Crippen molar-refractivity contribution >= 4 is 29.7 Å².